The molecule has 0 spiro atoms. The van der Waals surface area contributed by atoms with Crippen LogP contribution in [0, 0.1) is 5.82 Å². The fraction of sp³-hybridized carbons (Fsp3) is 0.417. The predicted octanol–water partition coefficient (Wildman–Crippen LogP) is 3.34. The fourth-order valence-electron chi connectivity index (χ4n) is 1.78. The van der Waals surface area contributed by atoms with Crippen molar-refractivity contribution in [2.75, 3.05) is 6.61 Å². The van der Waals surface area contributed by atoms with Gasteiger partial charge in [-0.05, 0) is 53.4 Å². The Morgan fingerprint density at radius 1 is 1.44 bits per heavy atom. The first-order chi connectivity index (χ1) is 7.68. The monoisotopic (exact) mass is 286 g/mol. The number of carbonyl (C=O) groups excluding carboxylic acids is 1. The van der Waals surface area contributed by atoms with Crippen LogP contribution in [0.1, 0.15) is 29.6 Å². The third kappa shape index (κ3) is 2.50. The van der Waals surface area contributed by atoms with Crippen LogP contribution in [-0.2, 0) is 4.74 Å². The van der Waals surface area contributed by atoms with E-state index >= 15 is 0 Å². The SMILES string of the molecule is O=C(c1ccc(F)c(Br)c1)C1CCCCO1. The molecule has 1 unspecified atom stereocenters. The summed E-state index contributed by atoms with van der Waals surface area (Å²) in [5.41, 5.74) is 0.500. The van der Waals surface area contributed by atoms with Crippen LogP contribution in [0.5, 0.6) is 0 Å². The van der Waals surface area contributed by atoms with Crippen LogP contribution in [0.2, 0.25) is 0 Å². The van der Waals surface area contributed by atoms with Gasteiger partial charge in [0.15, 0.2) is 5.78 Å². The number of benzene rings is 1. The lowest BCUT2D eigenvalue weighted by Gasteiger charge is -2.21. The van der Waals surface area contributed by atoms with E-state index in [2.05, 4.69) is 15.9 Å². The highest BCUT2D eigenvalue weighted by Crippen LogP contribution is 2.21. The summed E-state index contributed by atoms with van der Waals surface area (Å²) in [7, 11) is 0. The van der Waals surface area contributed by atoms with Gasteiger partial charge in [0, 0.05) is 12.2 Å². The topological polar surface area (TPSA) is 26.3 Å². The summed E-state index contributed by atoms with van der Waals surface area (Å²) in [5.74, 6) is -0.415. The molecule has 1 aliphatic heterocycles. The van der Waals surface area contributed by atoms with Crippen molar-refractivity contribution in [2.45, 2.75) is 25.4 Å². The lowest BCUT2D eigenvalue weighted by atomic mass is 10.00. The molecule has 1 atom stereocenters. The summed E-state index contributed by atoms with van der Waals surface area (Å²) in [4.78, 5) is 12.0. The quantitative estimate of drug-likeness (QED) is 0.780. The Morgan fingerprint density at radius 2 is 2.25 bits per heavy atom. The smallest absolute Gasteiger partial charge is 0.191 e. The van der Waals surface area contributed by atoms with E-state index in [-0.39, 0.29) is 17.7 Å². The molecule has 0 aliphatic carbocycles. The van der Waals surface area contributed by atoms with Gasteiger partial charge in [-0.15, -0.1) is 0 Å². The molecular weight excluding hydrogens is 275 g/mol. The first kappa shape index (κ1) is 11.7. The average Bonchev–Trinajstić information content (AvgIpc) is 2.33. The van der Waals surface area contributed by atoms with Gasteiger partial charge in [-0.1, -0.05) is 0 Å². The molecule has 1 aliphatic rings. The molecule has 1 aromatic carbocycles. The largest absolute Gasteiger partial charge is 0.370 e. The summed E-state index contributed by atoms with van der Waals surface area (Å²) in [6.07, 6.45) is 2.43. The second kappa shape index (κ2) is 5.06. The zero-order chi connectivity index (χ0) is 11.5. The van der Waals surface area contributed by atoms with Crippen molar-refractivity contribution in [3.8, 4) is 0 Å². The Balaban J connectivity index is 2.16. The van der Waals surface area contributed by atoms with E-state index in [1.807, 2.05) is 0 Å². The van der Waals surface area contributed by atoms with E-state index in [4.69, 9.17) is 4.74 Å². The highest BCUT2D eigenvalue weighted by Gasteiger charge is 2.23. The third-order valence-electron chi connectivity index (χ3n) is 2.68. The van der Waals surface area contributed by atoms with E-state index in [1.165, 1.54) is 18.2 Å². The van der Waals surface area contributed by atoms with Gasteiger partial charge in [0.1, 0.15) is 11.9 Å². The molecule has 0 N–H and O–H groups in total. The lowest BCUT2D eigenvalue weighted by molar-refractivity contribution is 0.0186. The van der Waals surface area contributed by atoms with Gasteiger partial charge in [0.2, 0.25) is 0 Å². The molecule has 16 heavy (non-hydrogen) atoms. The number of hydrogen-bond acceptors (Lipinski definition) is 2. The summed E-state index contributed by atoms with van der Waals surface area (Å²) in [5, 5.41) is 0. The molecule has 0 amide bonds. The second-order valence-corrected chi connectivity index (χ2v) is 4.70. The molecule has 0 saturated carbocycles. The van der Waals surface area contributed by atoms with Crippen LogP contribution in [-0.4, -0.2) is 18.5 Å². The minimum Gasteiger partial charge on any atom is -0.370 e. The Bertz CT molecular complexity index is 400. The number of rotatable bonds is 2. The van der Waals surface area contributed by atoms with Crippen molar-refractivity contribution >= 4 is 21.7 Å². The molecular formula is C12H12BrFO2. The predicted molar refractivity (Wildman–Crippen MR) is 62.0 cm³/mol. The number of halogens is 2. The van der Waals surface area contributed by atoms with E-state index in [1.54, 1.807) is 0 Å². The van der Waals surface area contributed by atoms with Crippen LogP contribution in [0.15, 0.2) is 22.7 Å². The van der Waals surface area contributed by atoms with Crippen molar-refractivity contribution in [1.82, 2.24) is 0 Å². The van der Waals surface area contributed by atoms with Crippen molar-refractivity contribution in [1.29, 1.82) is 0 Å². The standard InChI is InChI=1S/C12H12BrFO2/c13-9-7-8(4-5-10(9)14)12(15)11-3-1-2-6-16-11/h4-5,7,11H,1-3,6H2. The number of ether oxygens (including phenoxy) is 1. The maximum Gasteiger partial charge on any atom is 0.191 e. The van der Waals surface area contributed by atoms with Crippen LogP contribution in [0.25, 0.3) is 0 Å². The maximum atomic E-state index is 13.0. The maximum absolute atomic E-state index is 13.0. The Morgan fingerprint density at radius 3 is 2.88 bits per heavy atom. The normalized spacial score (nSPS) is 20.8. The lowest BCUT2D eigenvalue weighted by Crippen LogP contribution is -2.28. The molecule has 2 nitrogen and oxygen atoms in total. The van der Waals surface area contributed by atoms with Gasteiger partial charge in [-0.3, -0.25) is 4.79 Å². The molecule has 1 saturated heterocycles. The van der Waals surface area contributed by atoms with Gasteiger partial charge < -0.3 is 4.74 Å². The molecule has 1 fully saturated rings. The van der Waals surface area contributed by atoms with Crippen LogP contribution in [0.3, 0.4) is 0 Å². The van der Waals surface area contributed by atoms with Crippen LogP contribution < -0.4 is 0 Å². The van der Waals surface area contributed by atoms with Crippen molar-refractivity contribution in [2.24, 2.45) is 0 Å². The zero-order valence-corrected chi connectivity index (χ0v) is 10.3. The first-order valence-corrected chi connectivity index (χ1v) is 6.08. The van der Waals surface area contributed by atoms with Crippen molar-refractivity contribution < 1.29 is 13.9 Å². The highest BCUT2D eigenvalue weighted by atomic mass is 79.9. The van der Waals surface area contributed by atoms with E-state index in [0.29, 0.717) is 16.6 Å². The van der Waals surface area contributed by atoms with Gasteiger partial charge in [0.05, 0.1) is 4.47 Å². The van der Waals surface area contributed by atoms with E-state index in [9.17, 15) is 9.18 Å². The van der Waals surface area contributed by atoms with Crippen molar-refractivity contribution in [3.05, 3.63) is 34.1 Å². The third-order valence-corrected chi connectivity index (χ3v) is 3.28. The summed E-state index contributed by atoms with van der Waals surface area (Å²) < 4.78 is 18.7. The molecule has 2 rings (SSSR count). The molecule has 86 valence electrons. The minimum absolute atomic E-state index is 0.0552. The van der Waals surface area contributed by atoms with Crippen molar-refractivity contribution in [3.63, 3.8) is 0 Å². The molecule has 0 bridgehead atoms. The highest BCUT2D eigenvalue weighted by molar-refractivity contribution is 9.10. The molecule has 1 heterocycles. The fourth-order valence-corrected chi connectivity index (χ4v) is 2.16. The second-order valence-electron chi connectivity index (χ2n) is 3.85. The van der Waals surface area contributed by atoms with Gasteiger partial charge >= 0.3 is 0 Å². The summed E-state index contributed by atoms with van der Waals surface area (Å²) in [6.45, 7) is 0.638. The zero-order valence-electron chi connectivity index (χ0n) is 8.71. The average molecular weight is 287 g/mol. The molecule has 0 aromatic heterocycles. The van der Waals surface area contributed by atoms with Gasteiger partial charge in [0.25, 0.3) is 0 Å². The number of Topliss-reactive ketones (excluding diaryl/α,β-unsaturated/α-hetero) is 1. The first-order valence-electron chi connectivity index (χ1n) is 5.29. The Kier molecular flexibility index (Phi) is 3.71. The number of hydrogen-bond donors (Lipinski definition) is 0. The van der Waals surface area contributed by atoms with Gasteiger partial charge in [-0.2, -0.15) is 0 Å². The Labute approximate surface area is 102 Å². The number of ketones is 1. The summed E-state index contributed by atoms with van der Waals surface area (Å²) >= 11 is 3.07. The van der Waals surface area contributed by atoms with Gasteiger partial charge in [-0.25, -0.2) is 4.39 Å². The van der Waals surface area contributed by atoms with Crippen LogP contribution >= 0.6 is 15.9 Å². The minimum atomic E-state index is -0.360. The molecule has 0 radical (unpaired) electrons. The van der Waals surface area contributed by atoms with E-state index < -0.39 is 0 Å². The van der Waals surface area contributed by atoms with Crippen LogP contribution in [0.4, 0.5) is 4.39 Å². The molecule has 4 heteroatoms. The number of carbonyl (C=O) groups is 1. The Hall–Kier alpha value is -0.740. The summed E-state index contributed by atoms with van der Waals surface area (Å²) in [6, 6.07) is 4.30. The molecule has 1 aromatic rings. The van der Waals surface area contributed by atoms with E-state index in [0.717, 1.165) is 19.3 Å².